The standard InChI is InChI=1S/C31H28NOS.C15H28O2.Ir/c1-17(2)14-24-19(5)34-27-11-10-25-29(28(24)27)30-26(33-25)12-13-32-31(30)21-15-20-8-6-7-9-22(20)23(16-21)18(3)4;1-7-14(5,8-2)12(16)11-13(17)15(6,9-3)10-4;/h6-13,16-18H,14H2,1-5H3;11,16H,7-10H2,1-6H3;/q-1;;/b;12-11-;. The Hall–Kier alpha value is -3.31. The van der Waals surface area contributed by atoms with E-state index in [1.54, 1.807) is 0 Å². The average Bonchev–Trinajstić information content (AvgIpc) is 3.66. The first-order valence-electron chi connectivity index (χ1n) is 18.8. The zero-order valence-electron chi connectivity index (χ0n) is 32.9. The van der Waals surface area contributed by atoms with E-state index in [1.165, 1.54) is 42.9 Å². The number of ketones is 1. The molecule has 1 radical (unpaired) electrons. The number of thiophene rings is 1. The van der Waals surface area contributed by atoms with Crippen LogP contribution >= 0.6 is 11.3 Å². The Balaban J connectivity index is 0.000000289. The molecule has 52 heavy (non-hydrogen) atoms. The molecule has 6 heteroatoms. The van der Waals surface area contributed by atoms with Crippen molar-refractivity contribution in [3.05, 3.63) is 88.6 Å². The summed E-state index contributed by atoms with van der Waals surface area (Å²) in [7, 11) is 0. The van der Waals surface area contributed by atoms with Crippen LogP contribution in [0.25, 0.3) is 54.1 Å². The van der Waals surface area contributed by atoms with Crippen LogP contribution in [0.15, 0.2) is 71.0 Å². The maximum Gasteiger partial charge on any atom is 0.164 e. The second-order valence-electron chi connectivity index (χ2n) is 15.4. The number of pyridine rings is 1. The minimum Gasteiger partial charge on any atom is -0.512 e. The number of fused-ring (bicyclic) bond motifs is 6. The van der Waals surface area contributed by atoms with Crippen LogP contribution in [-0.2, 0) is 31.3 Å². The average molecular weight is 895 g/mol. The Morgan fingerprint density at radius 1 is 0.904 bits per heavy atom. The van der Waals surface area contributed by atoms with Gasteiger partial charge in [-0.3, -0.25) is 9.78 Å². The topological polar surface area (TPSA) is 63.3 Å². The van der Waals surface area contributed by atoms with Crippen molar-refractivity contribution in [2.75, 3.05) is 0 Å². The number of aliphatic hydroxyl groups is 1. The van der Waals surface area contributed by atoms with Crippen LogP contribution in [0.3, 0.4) is 0 Å². The molecule has 4 nitrogen and oxygen atoms in total. The van der Waals surface area contributed by atoms with Gasteiger partial charge in [0.1, 0.15) is 16.9 Å². The number of nitrogens with zero attached hydrogens (tertiary/aromatic N) is 1. The minimum absolute atomic E-state index is 0. The van der Waals surface area contributed by atoms with Gasteiger partial charge in [0.2, 0.25) is 0 Å². The van der Waals surface area contributed by atoms with Crippen molar-refractivity contribution in [3.63, 3.8) is 0 Å². The Morgan fingerprint density at radius 3 is 2.15 bits per heavy atom. The molecule has 0 saturated heterocycles. The summed E-state index contributed by atoms with van der Waals surface area (Å²) in [6.07, 6.45) is 7.68. The number of carbonyl (C=O) groups excluding carboxylic acids is 1. The largest absolute Gasteiger partial charge is 0.512 e. The smallest absolute Gasteiger partial charge is 0.164 e. The van der Waals surface area contributed by atoms with Crippen LogP contribution in [0, 0.1) is 29.7 Å². The van der Waals surface area contributed by atoms with E-state index < -0.39 is 0 Å². The number of allylic oxidation sites excluding steroid dienone is 2. The van der Waals surface area contributed by atoms with E-state index in [0.29, 0.717) is 11.8 Å². The van der Waals surface area contributed by atoms with Gasteiger partial charge in [0.25, 0.3) is 0 Å². The molecule has 6 aromatic rings. The Kier molecular flexibility index (Phi) is 13.4. The first-order valence-corrected chi connectivity index (χ1v) is 19.7. The number of furan rings is 1. The van der Waals surface area contributed by atoms with E-state index in [2.05, 4.69) is 83.1 Å². The van der Waals surface area contributed by atoms with Crippen molar-refractivity contribution >= 4 is 59.9 Å². The van der Waals surface area contributed by atoms with Crippen molar-refractivity contribution in [2.24, 2.45) is 16.7 Å². The van der Waals surface area contributed by atoms with Crippen molar-refractivity contribution in [3.8, 4) is 11.3 Å². The van der Waals surface area contributed by atoms with Gasteiger partial charge in [-0.25, -0.2) is 0 Å². The predicted octanol–water partition coefficient (Wildman–Crippen LogP) is 14.1. The zero-order chi connectivity index (χ0) is 37.2. The van der Waals surface area contributed by atoms with Crippen molar-refractivity contribution in [1.82, 2.24) is 4.98 Å². The van der Waals surface area contributed by atoms with Gasteiger partial charge < -0.3 is 9.52 Å². The molecule has 3 aromatic heterocycles. The fourth-order valence-corrected chi connectivity index (χ4v) is 8.08. The molecule has 0 aliphatic carbocycles. The van der Waals surface area contributed by atoms with Gasteiger partial charge in [-0.2, -0.15) is 0 Å². The van der Waals surface area contributed by atoms with Gasteiger partial charge in [0.15, 0.2) is 5.78 Å². The van der Waals surface area contributed by atoms with Gasteiger partial charge in [-0.05, 0) is 74.6 Å². The number of aromatic nitrogens is 1. The normalized spacial score (nSPS) is 12.6. The number of carbonyl (C=O) groups is 1. The molecule has 1 N–H and O–H groups in total. The zero-order valence-corrected chi connectivity index (χ0v) is 36.1. The molecule has 0 fully saturated rings. The Bertz CT molecular complexity index is 2210. The molecule has 3 aromatic carbocycles. The molecule has 6 rings (SSSR count). The number of hydrogen-bond donors (Lipinski definition) is 1. The van der Waals surface area contributed by atoms with Gasteiger partial charge in [0, 0.05) is 74.6 Å². The van der Waals surface area contributed by atoms with E-state index >= 15 is 0 Å². The molecule has 279 valence electrons. The van der Waals surface area contributed by atoms with E-state index in [1.807, 2.05) is 65.1 Å². The van der Waals surface area contributed by atoms with Crippen LogP contribution < -0.4 is 0 Å². The second kappa shape index (κ2) is 16.8. The molecule has 0 amide bonds. The minimum atomic E-state index is -0.337. The summed E-state index contributed by atoms with van der Waals surface area (Å²) in [5.74, 6) is 1.28. The van der Waals surface area contributed by atoms with Crippen LogP contribution in [0.4, 0.5) is 0 Å². The molecule has 0 spiro atoms. The second-order valence-corrected chi connectivity index (χ2v) is 16.7. The quantitative estimate of drug-likeness (QED) is 0.0799. The first kappa shape index (κ1) is 41.4. The van der Waals surface area contributed by atoms with Crippen molar-refractivity contribution in [2.45, 2.75) is 114 Å². The number of aryl methyl sites for hydroxylation is 1. The van der Waals surface area contributed by atoms with Gasteiger partial charge in [-0.15, -0.1) is 40.5 Å². The molecule has 0 aliphatic rings. The van der Waals surface area contributed by atoms with Gasteiger partial charge in [-0.1, -0.05) is 98.4 Å². The monoisotopic (exact) mass is 895 g/mol. The number of rotatable bonds is 11. The maximum atomic E-state index is 12.2. The first-order chi connectivity index (χ1) is 24.2. The summed E-state index contributed by atoms with van der Waals surface area (Å²) in [4.78, 5) is 18.5. The number of hydrogen-bond acceptors (Lipinski definition) is 5. The third-order valence-corrected chi connectivity index (χ3v) is 12.5. The maximum absolute atomic E-state index is 12.2. The van der Waals surface area contributed by atoms with Crippen LogP contribution in [-0.4, -0.2) is 15.9 Å². The van der Waals surface area contributed by atoms with Crippen LogP contribution in [0.2, 0.25) is 0 Å². The summed E-state index contributed by atoms with van der Waals surface area (Å²) < 4.78 is 7.73. The predicted molar refractivity (Wildman–Crippen MR) is 219 cm³/mol. The third-order valence-electron chi connectivity index (χ3n) is 11.4. The fourth-order valence-electron chi connectivity index (χ4n) is 6.98. The van der Waals surface area contributed by atoms with Crippen molar-refractivity contribution in [1.29, 1.82) is 0 Å². The number of benzene rings is 3. The molecule has 0 saturated carbocycles. The summed E-state index contributed by atoms with van der Waals surface area (Å²) in [6, 6.07) is 20.8. The Morgan fingerprint density at radius 2 is 1.54 bits per heavy atom. The van der Waals surface area contributed by atoms with Crippen LogP contribution in [0.5, 0.6) is 0 Å². The van der Waals surface area contributed by atoms with E-state index in [9.17, 15) is 9.90 Å². The molecule has 3 heterocycles. The van der Waals surface area contributed by atoms with Gasteiger partial charge >= 0.3 is 0 Å². The SMILES string of the molecule is CCC(C)(CC)C(=O)/C=C(\O)C(C)(CC)CC.Cc1sc2ccc3oc4ccnc(-c5[c-]c6ccccc6c(C(C)C)c5)c4c3c2c1CC(C)C.[Ir]. The molecule has 0 atom stereocenters. The fraction of sp³-hybridized carbons (Fsp3) is 0.435. The summed E-state index contributed by atoms with van der Waals surface area (Å²) in [5.41, 5.74) is 5.98. The number of aliphatic hydroxyl groups excluding tert-OH is 1. The third kappa shape index (κ3) is 7.95. The van der Waals surface area contributed by atoms with E-state index in [4.69, 9.17) is 9.40 Å². The molecule has 0 aliphatic heterocycles. The molecule has 0 bridgehead atoms. The molecular formula is C46H56IrNO3S-. The van der Waals surface area contributed by atoms with E-state index in [0.717, 1.165) is 65.3 Å². The Labute approximate surface area is 328 Å². The van der Waals surface area contributed by atoms with Gasteiger partial charge in [0.05, 0.1) is 0 Å². The van der Waals surface area contributed by atoms with Crippen molar-refractivity contribution < 1.29 is 34.4 Å². The van der Waals surface area contributed by atoms with Crippen LogP contribution in [0.1, 0.15) is 117 Å². The summed E-state index contributed by atoms with van der Waals surface area (Å²) in [5, 5.41) is 16.2. The summed E-state index contributed by atoms with van der Waals surface area (Å²) in [6.45, 7) is 23.4. The molecule has 0 unspecified atom stereocenters. The summed E-state index contributed by atoms with van der Waals surface area (Å²) >= 11 is 1.89. The molecular weight excluding hydrogens is 839 g/mol. The van der Waals surface area contributed by atoms with E-state index in [-0.39, 0.29) is 42.5 Å².